The molecular formula is C12H18N4O3S. The number of amides is 1. The van der Waals surface area contributed by atoms with Crippen LogP contribution >= 0.6 is 0 Å². The Balaban J connectivity index is 2.00. The van der Waals surface area contributed by atoms with E-state index in [0.29, 0.717) is 31.7 Å². The molecule has 2 rings (SSSR count). The van der Waals surface area contributed by atoms with E-state index in [1.54, 1.807) is 29.4 Å². The summed E-state index contributed by atoms with van der Waals surface area (Å²) < 4.78 is 26.5. The molecule has 1 aliphatic rings. The first-order valence-corrected chi connectivity index (χ1v) is 7.69. The van der Waals surface area contributed by atoms with Crippen LogP contribution in [-0.2, 0) is 10.2 Å². The molecule has 0 aliphatic carbocycles. The van der Waals surface area contributed by atoms with Crippen molar-refractivity contribution in [2.24, 2.45) is 0 Å². The van der Waals surface area contributed by atoms with Crippen LogP contribution in [0.4, 0.5) is 0 Å². The van der Waals surface area contributed by atoms with Crippen LogP contribution in [0.5, 0.6) is 0 Å². The Kier molecular flexibility index (Phi) is 4.36. The number of piperazine rings is 1. The molecule has 0 bridgehead atoms. The lowest BCUT2D eigenvalue weighted by Crippen LogP contribution is -2.53. The van der Waals surface area contributed by atoms with Crippen LogP contribution in [0.1, 0.15) is 10.4 Å². The third-order valence-electron chi connectivity index (χ3n) is 3.24. The number of rotatable bonds is 3. The van der Waals surface area contributed by atoms with Gasteiger partial charge in [-0.15, -0.1) is 0 Å². The molecule has 0 atom stereocenters. The minimum Gasteiger partial charge on any atom is -0.336 e. The summed E-state index contributed by atoms with van der Waals surface area (Å²) in [5, 5.41) is 0. The lowest BCUT2D eigenvalue weighted by Gasteiger charge is -2.35. The number of carbonyl (C=O) groups excluding carboxylic acids is 1. The van der Waals surface area contributed by atoms with Crippen molar-refractivity contribution in [2.45, 2.75) is 0 Å². The lowest BCUT2D eigenvalue weighted by atomic mass is 10.2. The number of pyridine rings is 1. The first kappa shape index (κ1) is 14.9. The van der Waals surface area contributed by atoms with Crippen molar-refractivity contribution in [2.75, 3.05) is 40.3 Å². The van der Waals surface area contributed by atoms with E-state index in [-0.39, 0.29) is 5.91 Å². The average molecular weight is 298 g/mol. The van der Waals surface area contributed by atoms with E-state index in [1.165, 1.54) is 22.7 Å². The molecule has 7 nitrogen and oxygen atoms in total. The van der Waals surface area contributed by atoms with Gasteiger partial charge in [0.25, 0.3) is 16.1 Å². The highest BCUT2D eigenvalue weighted by Gasteiger charge is 2.30. The van der Waals surface area contributed by atoms with Gasteiger partial charge in [0, 0.05) is 58.2 Å². The summed E-state index contributed by atoms with van der Waals surface area (Å²) in [6.07, 6.45) is 3.14. The Morgan fingerprint density at radius 3 is 2.20 bits per heavy atom. The monoisotopic (exact) mass is 298 g/mol. The van der Waals surface area contributed by atoms with Crippen LogP contribution in [0.2, 0.25) is 0 Å². The predicted octanol–water partition coefficient (Wildman–Crippen LogP) is -0.354. The minimum atomic E-state index is -3.40. The SMILES string of the molecule is CN(C)S(=O)(=O)N1CCN(C(=O)c2ccncc2)CC1. The fourth-order valence-corrected chi connectivity index (χ4v) is 3.12. The van der Waals surface area contributed by atoms with Gasteiger partial charge < -0.3 is 4.90 Å². The zero-order valence-electron chi connectivity index (χ0n) is 11.6. The molecule has 0 radical (unpaired) electrons. The zero-order chi connectivity index (χ0) is 14.8. The minimum absolute atomic E-state index is 0.0886. The van der Waals surface area contributed by atoms with Crippen LogP contribution in [0.25, 0.3) is 0 Å². The number of hydrogen-bond acceptors (Lipinski definition) is 4. The van der Waals surface area contributed by atoms with Gasteiger partial charge in [0.15, 0.2) is 0 Å². The van der Waals surface area contributed by atoms with Crippen LogP contribution in [0.15, 0.2) is 24.5 Å². The van der Waals surface area contributed by atoms with Gasteiger partial charge >= 0.3 is 0 Å². The molecule has 20 heavy (non-hydrogen) atoms. The Morgan fingerprint density at radius 2 is 1.70 bits per heavy atom. The van der Waals surface area contributed by atoms with E-state index >= 15 is 0 Å². The van der Waals surface area contributed by atoms with Crippen molar-refractivity contribution in [1.82, 2.24) is 18.5 Å². The second-order valence-corrected chi connectivity index (χ2v) is 6.86. The van der Waals surface area contributed by atoms with Crippen molar-refractivity contribution in [3.8, 4) is 0 Å². The highest BCUT2D eigenvalue weighted by molar-refractivity contribution is 7.86. The van der Waals surface area contributed by atoms with Crippen molar-refractivity contribution < 1.29 is 13.2 Å². The summed E-state index contributed by atoms with van der Waals surface area (Å²) in [5.41, 5.74) is 0.573. The molecule has 2 heterocycles. The van der Waals surface area contributed by atoms with E-state index in [1.807, 2.05) is 0 Å². The van der Waals surface area contributed by atoms with E-state index in [4.69, 9.17) is 0 Å². The third-order valence-corrected chi connectivity index (χ3v) is 5.18. The number of nitrogens with zero attached hydrogens (tertiary/aromatic N) is 4. The zero-order valence-corrected chi connectivity index (χ0v) is 12.4. The topological polar surface area (TPSA) is 73.8 Å². The molecule has 1 fully saturated rings. The molecule has 1 aliphatic heterocycles. The van der Waals surface area contributed by atoms with Crippen LogP contribution in [0.3, 0.4) is 0 Å². The summed E-state index contributed by atoms with van der Waals surface area (Å²) in [5.74, 6) is -0.0886. The molecule has 8 heteroatoms. The van der Waals surface area contributed by atoms with Gasteiger partial charge in [0.05, 0.1) is 0 Å². The maximum absolute atomic E-state index is 12.2. The van der Waals surface area contributed by atoms with Gasteiger partial charge in [0.2, 0.25) is 0 Å². The number of aromatic nitrogens is 1. The molecular weight excluding hydrogens is 280 g/mol. The van der Waals surface area contributed by atoms with E-state index < -0.39 is 10.2 Å². The Labute approximate surface area is 119 Å². The molecule has 0 aromatic carbocycles. The number of hydrogen-bond donors (Lipinski definition) is 0. The molecule has 0 N–H and O–H groups in total. The molecule has 0 spiro atoms. The maximum Gasteiger partial charge on any atom is 0.281 e. The van der Waals surface area contributed by atoms with Gasteiger partial charge in [-0.3, -0.25) is 9.78 Å². The maximum atomic E-state index is 12.2. The Bertz CT molecular complexity index is 566. The summed E-state index contributed by atoms with van der Waals surface area (Å²) >= 11 is 0. The molecule has 0 saturated carbocycles. The largest absolute Gasteiger partial charge is 0.336 e. The van der Waals surface area contributed by atoms with Crippen LogP contribution in [0, 0.1) is 0 Å². The van der Waals surface area contributed by atoms with Gasteiger partial charge in [0.1, 0.15) is 0 Å². The van der Waals surface area contributed by atoms with Gasteiger partial charge in [-0.2, -0.15) is 17.0 Å². The van der Waals surface area contributed by atoms with Gasteiger partial charge in [-0.25, -0.2) is 0 Å². The lowest BCUT2D eigenvalue weighted by molar-refractivity contribution is 0.0695. The Morgan fingerprint density at radius 1 is 1.15 bits per heavy atom. The second kappa shape index (κ2) is 5.86. The van der Waals surface area contributed by atoms with Crippen LogP contribution in [-0.4, -0.2) is 73.1 Å². The van der Waals surface area contributed by atoms with Crippen molar-refractivity contribution >= 4 is 16.1 Å². The average Bonchev–Trinajstić information content (AvgIpc) is 2.47. The molecule has 1 amide bonds. The summed E-state index contributed by atoms with van der Waals surface area (Å²) in [7, 11) is -0.387. The molecule has 1 saturated heterocycles. The van der Waals surface area contributed by atoms with Crippen molar-refractivity contribution in [3.63, 3.8) is 0 Å². The second-order valence-electron chi connectivity index (χ2n) is 4.72. The highest BCUT2D eigenvalue weighted by Crippen LogP contribution is 2.12. The quantitative estimate of drug-likeness (QED) is 0.764. The fraction of sp³-hybridized carbons (Fsp3) is 0.500. The molecule has 1 aromatic rings. The summed E-state index contributed by atoms with van der Waals surface area (Å²) in [6, 6.07) is 3.32. The smallest absolute Gasteiger partial charge is 0.281 e. The molecule has 0 unspecified atom stereocenters. The fourth-order valence-electron chi connectivity index (χ4n) is 2.03. The first-order valence-electron chi connectivity index (χ1n) is 6.30. The van der Waals surface area contributed by atoms with E-state index in [9.17, 15) is 13.2 Å². The standard InChI is InChI=1S/C12H18N4O3S/c1-14(2)20(18,19)16-9-7-15(8-10-16)12(17)11-3-5-13-6-4-11/h3-6H,7-10H2,1-2H3. The summed E-state index contributed by atoms with van der Waals surface area (Å²) in [4.78, 5) is 17.7. The van der Waals surface area contributed by atoms with E-state index in [2.05, 4.69) is 4.98 Å². The highest BCUT2D eigenvalue weighted by atomic mass is 32.2. The molecule has 110 valence electrons. The molecule has 1 aromatic heterocycles. The summed E-state index contributed by atoms with van der Waals surface area (Å²) in [6.45, 7) is 1.43. The third kappa shape index (κ3) is 2.97. The normalized spacial score (nSPS) is 17.4. The number of carbonyl (C=O) groups is 1. The van der Waals surface area contributed by atoms with Crippen molar-refractivity contribution in [1.29, 1.82) is 0 Å². The van der Waals surface area contributed by atoms with Gasteiger partial charge in [-0.1, -0.05) is 0 Å². The van der Waals surface area contributed by atoms with Gasteiger partial charge in [-0.05, 0) is 12.1 Å². The first-order chi connectivity index (χ1) is 9.43. The van der Waals surface area contributed by atoms with Crippen LogP contribution < -0.4 is 0 Å². The predicted molar refractivity (Wildman–Crippen MR) is 74.3 cm³/mol. The van der Waals surface area contributed by atoms with E-state index in [0.717, 1.165) is 0 Å². The Hall–Kier alpha value is -1.51. The van der Waals surface area contributed by atoms with Crippen molar-refractivity contribution in [3.05, 3.63) is 30.1 Å².